The van der Waals surface area contributed by atoms with E-state index in [0.29, 0.717) is 11.5 Å². The molecule has 2 rings (SSSR count). The molecule has 0 bridgehead atoms. The number of para-hydroxylation sites is 2. The van der Waals surface area contributed by atoms with Crippen LogP contribution in [-0.4, -0.2) is 65.2 Å². The largest absolute Gasteiger partial charge is 0.497 e. The van der Waals surface area contributed by atoms with Crippen LogP contribution in [0.1, 0.15) is 12.5 Å². The molecule has 9 nitrogen and oxygen atoms in total. The normalized spacial score (nSPS) is 11.9. The van der Waals surface area contributed by atoms with Gasteiger partial charge in [0.15, 0.2) is 0 Å². The minimum atomic E-state index is -3.83. The molecule has 2 amide bonds. The Bertz CT molecular complexity index is 1060. The molecule has 0 spiro atoms. The van der Waals surface area contributed by atoms with E-state index in [4.69, 9.17) is 9.47 Å². The fourth-order valence-electron chi connectivity index (χ4n) is 3.19. The molecule has 0 aliphatic carbocycles. The van der Waals surface area contributed by atoms with E-state index in [9.17, 15) is 18.0 Å². The lowest BCUT2D eigenvalue weighted by Crippen LogP contribution is -2.50. The van der Waals surface area contributed by atoms with E-state index in [2.05, 4.69) is 5.32 Å². The number of carbonyl (C=O) groups excluding carboxylic acids is 2. The lowest BCUT2D eigenvalue weighted by Gasteiger charge is -2.31. The number of benzene rings is 2. The van der Waals surface area contributed by atoms with Gasteiger partial charge in [-0.3, -0.25) is 13.9 Å². The van der Waals surface area contributed by atoms with Gasteiger partial charge >= 0.3 is 0 Å². The first-order valence-electron chi connectivity index (χ1n) is 9.87. The maximum Gasteiger partial charge on any atom is 0.244 e. The second kappa shape index (κ2) is 10.9. The van der Waals surface area contributed by atoms with Gasteiger partial charge in [0.25, 0.3) is 0 Å². The summed E-state index contributed by atoms with van der Waals surface area (Å²) >= 11 is 0. The van der Waals surface area contributed by atoms with Gasteiger partial charge in [-0.15, -0.1) is 0 Å². The number of anilines is 1. The summed E-state index contributed by atoms with van der Waals surface area (Å²) in [6.45, 7) is 1.18. The van der Waals surface area contributed by atoms with Crippen molar-refractivity contribution in [3.63, 3.8) is 0 Å². The van der Waals surface area contributed by atoms with Crippen molar-refractivity contribution in [1.82, 2.24) is 10.2 Å². The molecule has 174 valence electrons. The zero-order chi connectivity index (χ0) is 23.9. The first kappa shape index (κ1) is 25.0. The van der Waals surface area contributed by atoms with E-state index in [0.717, 1.165) is 16.1 Å². The number of carbonyl (C=O) groups is 2. The van der Waals surface area contributed by atoms with Crippen molar-refractivity contribution in [2.75, 3.05) is 38.4 Å². The van der Waals surface area contributed by atoms with Crippen molar-refractivity contribution in [1.29, 1.82) is 0 Å². The Morgan fingerprint density at radius 3 is 2.34 bits per heavy atom. The van der Waals surface area contributed by atoms with E-state index in [1.54, 1.807) is 55.5 Å². The van der Waals surface area contributed by atoms with Gasteiger partial charge in [-0.2, -0.15) is 0 Å². The second-order valence-electron chi connectivity index (χ2n) is 7.10. The van der Waals surface area contributed by atoms with Gasteiger partial charge in [0.2, 0.25) is 21.8 Å². The molecule has 2 aromatic rings. The highest BCUT2D eigenvalue weighted by atomic mass is 32.2. The standard InChI is InChI=1S/C22H29N3O6S/c1-16(22(27)23-2)24(14-17-9-8-10-18(13-17)30-3)21(26)15-25(32(5,28)29)19-11-6-7-12-20(19)31-4/h6-13,16H,14-15H2,1-5H3,(H,23,27)/t16-/m1/s1. The minimum Gasteiger partial charge on any atom is -0.497 e. The molecular weight excluding hydrogens is 434 g/mol. The summed E-state index contributed by atoms with van der Waals surface area (Å²) < 4.78 is 36.6. The Labute approximate surface area is 189 Å². The highest BCUT2D eigenvalue weighted by Gasteiger charge is 2.30. The number of ether oxygens (including phenoxy) is 2. The maximum atomic E-state index is 13.4. The van der Waals surface area contributed by atoms with Crippen LogP contribution in [0.5, 0.6) is 11.5 Å². The van der Waals surface area contributed by atoms with Gasteiger partial charge in [-0.25, -0.2) is 8.42 Å². The highest BCUT2D eigenvalue weighted by Crippen LogP contribution is 2.29. The van der Waals surface area contributed by atoms with Crippen molar-refractivity contribution in [2.45, 2.75) is 19.5 Å². The molecule has 0 saturated carbocycles. The fraction of sp³-hybridized carbons (Fsp3) is 0.364. The fourth-order valence-corrected chi connectivity index (χ4v) is 4.04. The van der Waals surface area contributed by atoms with E-state index in [1.165, 1.54) is 26.2 Å². The second-order valence-corrected chi connectivity index (χ2v) is 9.01. The number of likely N-dealkylation sites (N-methyl/N-ethyl adjacent to an activating group) is 1. The van der Waals surface area contributed by atoms with Gasteiger partial charge < -0.3 is 19.7 Å². The number of hydrogen-bond acceptors (Lipinski definition) is 6. The smallest absolute Gasteiger partial charge is 0.244 e. The topological polar surface area (TPSA) is 105 Å². The summed E-state index contributed by atoms with van der Waals surface area (Å²) in [6.07, 6.45) is 1.02. The summed E-state index contributed by atoms with van der Waals surface area (Å²) in [4.78, 5) is 27.0. The Balaban J connectivity index is 2.42. The quantitative estimate of drug-likeness (QED) is 0.574. The molecule has 0 radical (unpaired) electrons. The number of sulfonamides is 1. The first-order valence-corrected chi connectivity index (χ1v) is 11.7. The molecule has 1 atom stereocenters. The summed E-state index contributed by atoms with van der Waals surface area (Å²) in [6, 6.07) is 12.8. The lowest BCUT2D eigenvalue weighted by atomic mass is 10.1. The van der Waals surface area contributed by atoms with Crippen LogP contribution in [0.4, 0.5) is 5.69 Å². The van der Waals surface area contributed by atoms with Gasteiger partial charge in [-0.1, -0.05) is 24.3 Å². The number of hydrogen-bond donors (Lipinski definition) is 1. The van der Waals surface area contributed by atoms with E-state index < -0.39 is 28.5 Å². The van der Waals surface area contributed by atoms with Crippen LogP contribution in [0, 0.1) is 0 Å². The molecule has 0 unspecified atom stereocenters. The van der Waals surface area contributed by atoms with E-state index in [1.807, 2.05) is 0 Å². The SMILES string of the molecule is CNC(=O)[C@@H](C)N(Cc1cccc(OC)c1)C(=O)CN(c1ccccc1OC)S(C)(=O)=O. The van der Waals surface area contributed by atoms with Crippen LogP contribution in [0.2, 0.25) is 0 Å². The molecule has 10 heteroatoms. The van der Waals surface area contributed by atoms with E-state index >= 15 is 0 Å². The molecule has 0 fully saturated rings. The molecule has 0 aromatic heterocycles. The molecule has 32 heavy (non-hydrogen) atoms. The third-order valence-electron chi connectivity index (χ3n) is 4.93. The van der Waals surface area contributed by atoms with Crippen LogP contribution in [0.25, 0.3) is 0 Å². The molecule has 0 aliphatic rings. The van der Waals surface area contributed by atoms with Crippen molar-refractivity contribution in [3.8, 4) is 11.5 Å². The Kier molecular flexibility index (Phi) is 8.48. The molecule has 1 N–H and O–H groups in total. The van der Waals surface area contributed by atoms with Crippen LogP contribution >= 0.6 is 0 Å². The van der Waals surface area contributed by atoms with Gasteiger partial charge in [0, 0.05) is 13.6 Å². The van der Waals surface area contributed by atoms with Crippen LogP contribution in [0.15, 0.2) is 48.5 Å². The molecule has 2 aromatic carbocycles. The summed E-state index contributed by atoms with van der Waals surface area (Å²) in [5, 5.41) is 2.53. The third kappa shape index (κ3) is 6.13. The van der Waals surface area contributed by atoms with E-state index in [-0.39, 0.29) is 18.1 Å². The predicted molar refractivity (Wildman–Crippen MR) is 122 cm³/mol. The van der Waals surface area contributed by atoms with Gasteiger partial charge in [-0.05, 0) is 36.8 Å². The molecule has 0 heterocycles. The molecule has 0 aliphatic heterocycles. The zero-order valence-electron chi connectivity index (χ0n) is 18.9. The average Bonchev–Trinajstić information content (AvgIpc) is 2.79. The summed E-state index contributed by atoms with van der Waals surface area (Å²) in [5.41, 5.74) is 0.969. The van der Waals surface area contributed by atoms with Crippen LogP contribution in [-0.2, 0) is 26.2 Å². The Morgan fingerprint density at radius 1 is 1.06 bits per heavy atom. The van der Waals surface area contributed by atoms with Gasteiger partial charge in [0.05, 0.1) is 26.2 Å². The molecular formula is C22H29N3O6S. The minimum absolute atomic E-state index is 0.0914. The van der Waals surface area contributed by atoms with Crippen LogP contribution in [0.3, 0.4) is 0 Å². The number of rotatable bonds is 10. The molecule has 0 saturated heterocycles. The maximum absolute atomic E-state index is 13.4. The third-order valence-corrected chi connectivity index (χ3v) is 6.06. The number of amides is 2. The number of methoxy groups -OCH3 is 2. The number of nitrogens with zero attached hydrogens (tertiary/aromatic N) is 2. The lowest BCUT2D eigenvalue weighted by molar-refractivity contribution is -0.139. The van der Waals surface area contributed by atoms with Crippen LogP contribution < -0.4 is 19.1 Å². The summed E-state index contributed by atoms with van der Waals surface area (Å²) in [5.74, 6) is 0.00314. The Hall–Kier alpha value is -3.27. The average molecular weight is 464 g/mol. The zero-order valence-corrected chi connectivity index (χ0v) is 19.7. The van der Waals surface area contributed by atoms with Crippen molar-refractivity contribution in [3.05, 3.63) is 54.1 Å². The Morgan fingerprint density at radius 2 is 1.75 bits per heavy atom. The van der Waals surface area contributed by atoms with Gasteiger partial charge in [0.1, 0.15) is 24.1 Å². The van der Waals surface area contributed by atoms with Crippen molar-refractivity contribution < 1.29 is 27.5 Å². The van der Waals surface area contributed by atoms with Crippen molar-refractivity contribution >= 4 is 27.5 Å². The number of nitrogens with one attached hydrogen (secondary N) is 1. The monoisotopic (exact) mass is 463 g/mol. The highest BCUT2D eigenvalue weighted by molar-refractivity contribution is 7.92. The van der Waals surface area contributed by atoms with Crippen molar-refractivity contribution in [2.24, 2.45) is 0 Å². The predicted octanol–water partition coefficient (Wildman–Crippen LogP) is 1.63. The summed E-state index contributed by atoms with van der Waals surface area (Å²) in [7, 11) is 0.603. The first-order chi connectivity index (χ1) is 15.1.